The number of pyridine rings is 4. The molecular weight excluding hydrogens is 1070 g/mol. The van der Waals surface area contributed by atoms with Gasteiger partial charge in [-0.25, -0.2) is 13.7 Å². The summed E-state index contributed by atoms with van der Waals surface area (Å²) in [6.07, 6.45) is 56.5. The van der Waals surface area contributed by atoms with Gasteiger partial charge in [0.05, 0.1) is 0 Å². The van der Waals surface area contributed by atoms with E-state index in [4.69, 9.17) is 0 Å². The second-order valence-corrected chi connectivity index (χ2v) is 17.2. The molecule has 4 rings (SSSR count). The molecule has 4 nitrogen and oxygen atoms in total. The highest BCUT2D eigenvalue weighted by Crippen LogP contribution is 2.13. The third-order valence-corrected chi connectivity index (χ3v) is 11.9. The predicted octanol–water partition coefficient (Wildman–Crippen LogP) is 4.00. The van der Waals surface area contributed by atoms with E-state index in [2.05, 4.69) is 105 Å². The highest BCUT2D eigenvalue weighted by Gasteiger charge is 2.07. The highest BCUT2D eigenvalue weighted by atomic mass is 127. The van der Waals surface area contributed by atoms with Gasteiger partial charge in [-0.05, 0) is 100 Å². The summed E-state index contributed by atoms with van der Waals surface area (Å²) in [5.74, 6) is 0. The van der Waals surface area contributed by atoms with E-state index in [-0.39, 0.29) is 71.9 Å². The Balaban J connectivity index is 0.00000600. The molecule has 0 bridgehead atoms. The van der Waals surface area contributed by atoms with E-state index in [1.807, 2.05) is 18.5 Å². The maximum absolute atomic E-state index is 4.23. The van der Waals surface area contributed by atoms with E-state index in [9.17, 15) is 0 Å². The van der Waals surface area contributed by atoms with Crippen molar-refractivity contribution in [3.05, 3.63) is 120 Å². The SMILES string of the molecule is CCCCCCCCCc1ccc[n+](CCCCCCCCc2ccc[n+](CCCCCCCCc3ccc[n+](CCCCCCCCc4cccnc4)c3)c2)c1.[I-].[I-].[I-]. The first-order valence-electron chi connectivity index (χ1n) is 24.1. The van der Waals surface area contributed by atoms with Crippen LogP contribution in [-0.2, 0) is 45.3 Å². The zero-order valence-corrected chi connectivity index (χ0v) is 44.3. The fourth-order valence-electron chi connectivity index (χ4n) is 8.41. The molecular formula is C53H83I3N4. The van der Waals surface area contributed by atoms with Gasteiger partial charge in [0.25, 0.3) is 0 Å². The van der Waals surface area contributed by atoms with Crippen LogP contribution in [0, 0.1) is 0 Å². The van der Waals surface area contributed by atoms with Crippen LogP contribution >= 0.6 is 0 Å². The molecule has 0 spiro atoms. The highest BCUT2D eigenvalue weighted by molar-refractivity contribution is 5.08. The van der Waals surface area contributed by atoms with Gasteiger partial charge in [-0.15, -0.1) is 0 Å². The number of aromatic nitrogens is 4. The van der Waals surface area contributed by atoms with Gasteiger partial charge >= 0.3 is 0 Å². The van der Waals surface area contributed by atoms with Crippen LogP contribution in [0.15, 0.2) is 98.1 Å². The number of halogens is 3. The van der Waals surface area contributed by atoms with Crippen LogP contribution in [0.2, 0.25) is 0 Å². The number of rotatable bonds is 35. The lowest BCUT2D eigenvalue weighted by molar-refractivity contribution is -0.697. The second-order valence-electron chi connectivity index (χ2n) is 17.2. The van der Waals surface area contributed by atoms with Crippen molar-refractivity contribution in [1.82, 2.24) is 4.98 Å². The molecule has 4 aromatic rings. The molecule has 4 heterocycles. The van der Waals surface area contributed by atoms with Crippen molar-refractivity contribution in [2.75, 3.05) is 0 Å². The summed E-state index contributed by atoms with van der Waals surface area (Å²) < 4.78 is 7.29. The van der Waals surface area contributed by atoms with Crippen molar-refractivity contribution in [2.45, 2.75) is 213 Å². The lowest BCUT2D eigenvalue weighted by Gasteiger charge is -2.04. The quantitative estimate of drug-likeness (QED) is 0.0389. The molecule has 0 saturated carbocycles. The second kappa shape index (κ2) is 39.4. The first kappa shape index (κ1) is 56.8. The Hall–Kier alpha value is -1.21. The van der Waals surface area contributed by atoms with Crippen molar-refractivity contribution in [3.63, 3.8) is 0 Å². The Morgan fingerprint density at radius 1 is 0.350 bits per heavy atom. The normalized spacial score (nSPS) is 10.8. The van der Waals surface area contributed by atoms with Crippen molar-refractivity contribution in [3.8, 4) is 0 Å². The Morgan fingerprint density at radius 3 is 0.983 bits per heavy atom. The Kier molecular flexibility index (Phi) is 37.3. The van der Waals surface area contributed by atoms with Crippen LogP contribution in [0.5, 0.6) is 0 Å². The Labute approximate surface area is 420 Å². The Bertz CT molecular complexity index is 1550. The van der Waals surface area contributed by atoms with Crippen LogP contribution in [0.3, 0.4) is 0 Å². The maximum Gasteiger partial charge on any atom is 0.171 e. The number of hydrogen-bond acceptors (Lipinski definition) is 1. The average molecular weight is 1160 g/mol. The summed E-state index contributed by atoms with van der Waals surface area (Å²) in [6, 6.07) is 18.0. The minimum atomic E-state index is 0. The van der Waals surface area contributed by atoms with Gasteiger partial charge in [0.15, 0.2) is 37.2 Å². The first-order chi connectivity index (χ1) is 28.3. The molecule has 0 saturated heterocycles. The number of hydrogen-bond donors (Lipinski definition) is 0. The summed E-state index contributed by atoms with van der Waals surface area (Å²) in [7, 11) is 0. The van der Waals surface area contributed by atoms with Crippen LogP contribution in [0.1, 0.15) is 190 Å². The lowest BCUT2D eigenvalue weighted by atomic mass is 10.1. The number of aryl methyl sites for hydroxylation is 7. The van der Waals surface area contributed by atoms with E-state index < -0.39 is 0 Å². The molecule has 0 aliphatic rings. The summed E-state index contributed by atoms with van der Waals surface area (Å²) in [4.78, 5) is 4.23. The molecule has 0 fully saturated rings. The molecule has 336 valence electrons. The zero-order valence-electron chi connectivity index (χ0n) is 37.8. The van der Waals surface area contributed by atoms with E-state index in [1.54, 1.807) is 0 Å². The fraction of sp³-hybridized carbons (Fsp3) is 0.623. The van der Waals surface area contributed by atoms with Gasteiger partial charge in [0, 0.05) is 66.5 Å². The molecule has 0 unspecified atom stereocenters. The zero-order chi connectivity index (χ0) is 39.7. The van der Waals surface area contributed by atoms with Gasteiger partial charge in [0.1, 0.15) is 19.6 Å². The van der Waals surface area contributed by atoms with E-state index >= 15 is 0 Å². The van der Waals surface area contributed by atoms with Gasteiger partial charge < -0.3 is 71.9 Å². The van der Waals surface area contributed by atoms with Gasteiger partial charge in [-0.3, -0.25) is 4.98 Å². The summed E-state index contributed by atoms with van der Waals surface area (Å²) >= 11 is 0. The lowest BCUT2D eigenvalue weighted by Crippen LogP contribution is -3.00. The smallest absolute Gasteiger partial charge is 0.171 e. The van der Waals surface area contributed by atoms with Crippen molar-refractivity contribution < 1.29 is 85.6 Å². The molecule has 0 amide bonds. The van der Waals surface area contributed by atoms with Crippen molar-refractivity contribution in [2.24, 2.45) is 0 Å². The van der Waals surface area contributed by atoms with Gasteiger partial charge in [0.2, 0.25) is 0 Å². The van der Waals surface area contributed by atoms with Crippen LogP contribution < -0.4 is 85.6 Å². The minimum absolute atomic E-state index is 0. The first-order valence-corrected chi connectivity index (χ1v) is 24.1. The van der Waals surface area contributed by atoms with Crippen LogP contribution in [0.25, 0.3) is 0 Å². The van der Waals surface area contributed by atoms with Gasteiger partial charge in [-0.1, -0.05) is 109 Å². The fourth-order valence-corrected chi connectivity index (χ4v) is 8.41. The van der Waals surface area contributed by atoms with Crippen molar-refractivity contribution >= 4 is 0 Å². The third kappa shape index (κ3) is 28.5. The third-order valence-electron chi connectivity index (χ3n) is 11.9. The predicted molar refractivity (Wildman–Crippen MR) is 240 cm³/mol. The van der Waals surface area contributed by atoms with Gasteiger partial charge in [-0.2, -0.15) is 0 Å². The molecule has 0 aliphatic carbocycles. The average Bonchev–Trinajstić information content (AvgIpc) is 3.24. The van der Waals surface area contributed by atoms with E-state index in [0.29, 0.717) is 0 Å². The number of nitrogens with zero attached hydrogens (tertiary/aromatic N) is 4. The summed E-state index contributed by atoms with van der Waals surface area (Å²) in [6.45, 7) is 5.77. The summed E-state index contributed by atoms with van der Waals surface area (Å²) in [5.41, 5.74) is 5.90. The minimum Gasteiger partial charge on any atom is -1.00 e. The van der Waals surface area contributed by atoms with Crippen LogP contribution in [0.4, 0.5) is 0 Å². The molecule has 0 atom stereocenters. The maximum atomic E-state index is 4.23. The Morgan fingerprint density at radius 2 is 0.650 bits per heavy atom. The van der Waals surface area contributed by atoms with Crippen molar-refractivity contribution in [1.29, 1.82) is 0 Å². The molecule has 0 aromatic carbocycles. The summed E-state index contributed by atoms with van der Waals surface area (Å²) in [5, 5.41) is 0. The van der Waals surface area contributed by atoms with Crippen LogP contribution in [-0.4, -0.2) is 4.98 Å². The monoisotopic (exact) mass is 1160 g/mol. The topological polar surface area (TPSA) is 24.5 Å². The molecule has 60 heavy (non-hydrogen) atoms. The van der Waals surface area contributed by atoms with E-state index in [1.165, 1.54) is 215 Å². The molecule has 4 aromatic heterocycles. The molecule has 7 heteroatoms. The van der Waals surface area contributed by atoms with E-state index in [0.717, 1.165) is 13.1 Å². The standard InChI is InChI=1S/C53H83N4.3HI/c1-2-3-4-5-6-14-21-32-51-36-28-43-56(47-51)41-25-18-11-8-16-23-34-53-38-30-45-57(49-53)42-26-19-12-9-15-22-33-52-37-29-44-55(48-52)40-24-17-10-7-13-20-31-50-35-27-39-54-46-50;;;/h27-30,35-39,43-49H,2-26,31-34,40-42H2,1H3;3*1H/q+3;;;/p-3. The molecule has 0 aliphatic heterocycles. The number of unbranched alkanes of at least 4 members (excludes halogenated alkanes) is 21. The molecule has 0 N–H and O–H groups in total. The molecule has 0 radical (unpaired) electrons. The largest absolute Gasteiger partial charge is 1.00 e.